The number of amides is 1. The Morgan fingerprint density at radius 1 is 1.26 bits per heavy atom. The van der Waals surface area contributed by atoms with Crippen LogP contribution in [0.1, 0.15) is 43.4 Å². The van der Waals surface area contributed by atoms with Crippen molar-refractivity contribution >= 4 is 23.2 Å². The quantitative estimate of drug-likeness (QED) is 0.847. The zero-order valence-electron chi connectivity index (χ0n) is 14.2. The summed E-state index contributed by atoms with van der Waals surface area (Å²) in [5.41, 5.74) is -0.0334. The molecular formula is C18H16F2N2O4S. The topological polar surface area (TPSA) is 79.7 Å². The number of rotatable bonds is 2. The summed E-state index contributed by atoms with van der Waals surface area (Å²) in [6.45, 7) is 1.12. The van der Waals surface area contributed by atoms with Crippen molar-refractivity contribution in [3.63, 3.8) is 0 Å². The number of aromatic carboxylic acids is 1. The standard InChI is InChI=1S/C18H16F2N2O4S/c19-11-8-12(20)14(21-9-11)16(23)22-4-2-18(3-5-22)15-10(1-6-26-18)7-13(27-15)17(24)25/h7-9H,1-6H2,(H,24,25). The smallest absolute Gasteiger partial charge is 0.345 e. The Balaban J connectivity index is 1.54. The Morgan fingerprint density at radius 2 is 2.00 bits per heavy atom. The van der Waals surface area contributed by atoms with E-state index < -0.39 is 34.8 Å². The Bertz CT molecular complexity index is 922. The summed E-state index contributed by atoms with van der Waals surface area (Å²) in [6.07, 6.45) is 2.44. The number of pyridine rings is 1. The molecule has 2 aliphatic heterocycles. The molecule has 1 spiro atoms. The molecule has 4 rings (SSSR count). The summed E-state index contributed by atoms with van der Waals surface area (Å²) in [4.78, 5) is 30.1. The molecule has 142 valence electrons. The Kier molecular flexibility index (Phi) is 4.43. The number of carbonyl (C=O) groups is 2. The number of carboxylic acid groups (broad SMARTS) is 1. The molecule has 0 radical (unpaired) electrons. The van der Waals surface area contributed by atoms with Crippen molar-refractivity contribution in [3.8, 4) is 0 Å². The highest BCUT2D eigenvalue weighted by molar-refractivity contribution is 7.14. The van der Waals surface area contributed by atoms with Gasteiger partial charge in [0.15, 0.2) is 11.5 Å². The molecule has 0 bridgehead atoms. The molecule has 0 unspecified atom stereocenters. The highest BCUT2D eigenvalue weighted by Crippen LogP contribution is 2.45. The molecular weight excluding hydrogens is 378 g/mol. The first-order valence-electron chi connectivity index (χ1n) is 8.50. The molecule has 4 heterocycles. The summed E-state index contributed by atoms with van der Waals surface area (Å²) in [7, 11) is 0. The van der Waals surface area contributed by atoms with Crippen molar-refractivity contribution in [2.24, 2.45) is 0 Å². The molecule has 1 N–H and O–H groups in total. The van der Waals surface area contributed by atoms with Gasteiger partial charge in [0, 0.05) is 24.0 Å². The number of hydrogen-bond donors (Lipinski definition) is 1. The average Bonchev–Trinajstić information content (AvgIpc) is 3.08. The zero-order chi connectivity index (χ0) is 19.2. The number of aromatic nitrogens is 1. The van der Waals surface area contributed by atoms with Gasteiger partial charge in [-0.15, -0.1) is 11.3 Å². The minimum absolute atomic E-state index is 0.279. The van der Waals surface area contributed by atoms with E-state index in [9.17, 15) is 23.5 Å². The Labute approximate surface area is 157 Å². The second-order valence-electron chi connectivity index (χ2n) is 6.64. The van der Waals surface area contributed by atoms with Crippen LogP contribution in [0.2, 0.25) is 0 Å². The van der Waals surface area contributed by atoms with Crippen LogP contribution >= 0.6 is 11.3 Å². The molecule has 2 aliphatic rings. The molecule has 6 nitrogen and oxygen atoms in total. The van der Waals surface area contributed by atoms with Gasteiger partial charge in [0.1, 0.15) is 16.3 Å². The first-order chi connectivity index (χ1) is 12.9. The monoisotopic (exact) mass is 394 g/mol. The van der Waals surface area contributed by atoms with Crippen LogP contribution in [0.25, 0.3) is 0 Å². The van der Waals surface area contributed by atoms with Gasteiger partial charge in [-0.05, 0) is 30.9 Å². The molecule has 0 aromatic carbocycles. The van der Waals surface area contributed by atoms with Gasteiger partial charge in [0.05, 0.1) is 12.8 Å². The molecule has 9 heteroatoms. The number of piperidine rings is 1. The Morgan fingerprint density at radius 3 is 2.67 bits per heavy atom. The van der Waals surface area contributed by atoms with Crippen molar-refractivity contribution in [2.75, 3.05) is 19.7 Å². The van der Waals surface area contributed by atoms with Crippen molar-refractivity contribution in [1.82, 2.24) is 9.88 Å². The molecule has 1 saturated heterocycles. The minimum atomic E-state index is -0.985. The van der Waals surface area contributed by atoms with E-state index in [0.717, 1.165) is 16.6 Å². The normalized spacial score (nSPS) is 18.4. The van der Waals surface area contributed by atoms with E-state index in [1.165, 1.54) is 16.2 Å². The van der Waals surface area contributed by atoms with Gasteiger partial charge < -0.3 is 14.7 Å². The first kappa shape index (κ1) is 18.0. The number of halogens is 2. The number of ether oxygens (including phenoxy) is 1. The van der Waals surface area contributed by atoms with Gasteiger partial charge in [0.25, 0.3) is 5.91 Å². The van der Waals surface area contributed by atoms with Crippen LogP contribution in [0.3, 0.4) is 0 Å². The van der Waals surface area contributed by atoms with Crippen LogP contribution in [0.5, 0.6) is 0 Å². The number of carboxylic acids is 1. The maximum atomic E-state index is 13.9. The predicted molar refractivity (Wildman–Crippen MR) is 91.9 cm³/mol. The molecule has 2 aromatic heterocycles. The van der Waals surface area contributed by atoms with Gasteiger partial charge in [-0.3, -0.25) is 4.79 Å². The second kappa shape index (κ2) is 6.65. The molecule has 0 atom stereocenters. The average molecular weight is 394 g/mol. The van der Waals surface area contributed by atoms with Crippen molar-refractivity contribution in [3.05, 3.63) is 51.0 Å². The van der Waals surface area contributed by atoms with Crippen LogP contribution < -0.4 is 0 Å². The summed E-state index contributed by atoms with van der Waals surface area (Å²) in [5, 5.41) is 9.25. The number of thiophene rings is 1. The molecule has 0 aliphatic carbocycles. The number of fused-ring (bicyclic) bond motifs is 2. The maximum Gasteiger partial charge on any atom is 0.345 e. The first-order valence-corrected chi connectivity index (χ1v) is 9.32. The van der Waals surface area contributed by atoms with E-state index in [2.05, 4.69) is 4.98 Å². The fourth-order valence-corrected chi connectivity index (χ4v) is 4.94. The van der Waals surface area contributed by atoms with Crippen molar-refractivity contribution in [1.29, 1.82) is 0 Å². The van der Waals surface area contributed by atoms with Crippen LogP contribution in [0.15, 0.2) is 18.3 Å². The summed E-state index contributed by atoms with van der Waals surface area (Å²) < 4.78 is 32.9. The lowest BCUT2D eigenvalue weighted by Crippen LogP contribution is -2.48. The fraction of sp³-hybridized carbons (Fsp3) is 0.389. The summed E-state index contributed by atoms with van der Waals surface area (Å²) in [6, 6.07) is 2.34. The zero-order valence-corrected chi connectivity index (χ0v) is 15.0. The second-order valence-corrected chi connectivity index (χ2v) is 7.69. The van der Waals surface area contributed by atoms with Gasteiger partial charge in [-0.25, -0.2) is 18.6 Å². The van der Waals surface area contributed by atoms with E-state index in [1.807, 2.05) is 0 Å². The molecule has 0 saturated carbocycles. The van der Waals surface area contributed by atoms with E-state index in [0.29, 0.717) is 45.0 Å². The summed E-state index contributed by atoms with van der Waals surface area (Å²) >= 11 is 1.22. The molecule has 1 amide bonds. The van der Waals surface area contributed by atoms with Crippen LogP contribution in [0.4, 0.5) is 8.78 Å². The van der Waals surface area contributed by atoms with E-state index in [-0.39, 0.29) is 4.88 Å². The van der Waals surface area contributed by atoms with Crippen LogP contribution in [-0.2, 0) is 16.8 Å². The lowest BCUT2D eigenvalue weighted by Gasteiger charge is -2.43. The maximum absolute atomic E-state index is 13.9. The van der Waals surface area contributed by atoms with E-state index in [1.54, 1.807) is 6.07 Å². The van der Waals surface area contributed by atoms with Gasteiger partial charge in [-0.2, -0.15) is 0 Å². The molecule has 27 heavy (non-hydrogen) atoms. The highest BCUT2D eigenvalue weighted by Gasteiger charge is 2.44. The van der Waals surface area contributed by atoms with Crippen molar-refractivity contribution in [2.45, 2.75) is 24.9 Å². The third-order valence-corrected chi connectivity index (χ3v) is 6.40. The van der Waals surface area contributed by atoms with Crippen LogP contribution in [-0.4, -0.2) is 46.6 Å². The number of nitrogens with zero attached hydrogens (tertiary/aromatic N) is 2. The SMILES string of the molecule is O=C(O)c1cc2c(s1)C1(CCN(C(=O)c3ncc(F)cc3F)CC1)OCC2. The minimum Gasteiger partial charge on any atom is -0.477 e. The highest BCUT2D eigenvalue weighted by atomic mass is 32.1. The lowest BCUT2D eigenvalue weighted by molar-refractivity contribution is -0.0906. The van der Waals surface area contributed by atoms with Crippen LogP contribution in [0, 0.1) is 11.6 Å². The summed E-state index contributed by atoms with van der Waals surface area (Å²) in [5.74, 6) is -3.37. The van der Waals surface area contributed by atoms with Gasteiger partial charge >= 0.3 is 5.97 Å². The largest absolute Gasteiger partial charge is 0.477 e. The van der Waals surface area contributed by atoms with Gasteiger partial charge in [0.2, 0.25) is 0 Å². The fourth-order valence-electron chi connectivity index (χ4n) is 3.69. The Hall–Kier alpha value is -2.39. The predicted octanol–water partition coefficient (Wildman–Crippen LogP) is 2.82. The van der Waals surface area contributed by atoms with Crippen molar-refractivity contribution < 1.29 is 28.2 Å². The molecule has 2 aromatic rings. The number of likely N-dealkylation sites (tertiary alicyclic amines) is 1. The number of carbonyl (C=O) groups excluding carboxylic acids is 1. The third-order valence-electron chi connectivity index (χ3n) is 5.05. The van der Waals surface area contributed by atoms with E-state index in [4.69, 9.17) is 4.74 Å². The molecule has 1 fully saturated rings. The van der Waals surface area contributed by atoms with Gasteiger partial charge in [-0.1, -0.05) is 0 Å². The lowest BCUT2D eigenvalue weighted by atomic mass is 9.85. The van der Waals surface area contributed by atoms with E-state index >= 15 is 0 Å². The third kappa shape index (κ3) is 3.10. The number of hydrogen-bond acceptors (Lipinski definition) is 5.